The highest BCUT2D eigenvalue weighted by Crippen LogP contribution is 2.08. The topological polar surface area (TPSA) is 45.5 Å². The van der Waals surface area contributed by atoms with E-state index in [0.29, 0.717) is 12.0 Å². The second-order valence-electron chi connectivity index (χ2n) is 4.57. The highest BCUT2D eigenvalue weighted by Gasteiger charge is 2.07. The predicted octanol–water partition coefficient (Wildman–Crippen LogP) is 1.40. The summed E-state index contributed by atoms with van der Waals surface area (Å²) < 4.78 is 1.85. The fraction of sp³-hybridized carbons (Fsp3) is 0.500. The highest BCUT2D eigenvalue weighted by molar-refractivity contribution is 5.44. The Morgan fingerprint density at radius 1 is 1.41 bits per heavy atom. The molecular weight excluding hydrogens is 214 g/mol. The third-order valence-corrected chi connectivity index (χ3v) is 2.99. The molecule has 2 heterocycles. The number of aryl methyl sites for hydroxylation is 1. The summed E-state index contributed by atoms with van der Waals surface area (Å²) in [6.45, 7) is 5.02. The van der Waals surface area contributed by atoms with Crippen LogP contribution in [0.15, 0.2) is 18.2 Å². The maximum Gasteiger partial charge on any atom is 0.243 e. The minimum Gasteiger partial charge on any atom is -0.351 e. The molecule has 2 rings (SSSR count). The van der Waals surface area contributed by atoms with Gasteiger partial charge in [0.1, 0.15) is 0 Å². The lowest BCUT2D eigenvalue weighted by Gasteiger charge is -2.19. The van der Waals surface area contributed by atoms with Gasteiger partial charge in [-0.25, -0.2) is 4.52 Å². The van der Waals surface area contributed by atoms with Crippen molar-refractivity contribution in [2.75, 3.05) is 26.0 Å². The van der Waals surface area contributed by atoms with E-state index in [-0.39, 0.29) is 0 Å². The summed E-state index contributed by atoms with van der Waals surface area (Å²) in [6, 6.07) is 6.42. The fourth-order valence-corrected chi connectivity index (χ4v) is 1.53. The molecule has 1 N–H and O–H groups in total. The molecule has 17 heavy (non-hydrogen) atoms. The monoisotopic (exact) mass is 233 g/mol. The van der Waals surface area contributed by atoms with Crippen molar-refractivity contribution in [3.8, 4) is 0 Å². The first-order valence-corrected chi connectivity index (χ1v) is 5.80. The van der Waals surface area contributed by atoms with Crippen molar-refractivity contribution >= 4 is 11.6 Å². The number of hydrogen-bond donors (Lipinski definition) is 1. The largest absolute Gasteiger partial charge is 0.351 e. The summed E-state index contributed by atoms with van der Waals surface area (Å²) in [6.07, 6.45) is 0. The third kappa shape index (κ3) is 2.55. The molecule has 0 spiro atoms. The summed E-state index contributed by atoms with van der Waals surface area (Å²) in [7, 11) is 4.13. The van der Waals surface area contributed by atoms with Crippen molar-refractivity contribution in [3.05, 3.63) is 23.9 Å². The van der Waals surface area contributed by atoms with Crippen LogP contribution in [-0.2, 0) is 0 Å². The zero-order valence-electron chi connectivity index (χ0n) is 10.8. The van der Waals surface area contributed by atoms with Gasteiger partial charge in [0.15, 0.2) is 5.65 Å². The highest BCUT2D eigenvalue weighted by atomic mass is 15.4. The molecule has 1 atom stereocenters. The van der Waals surface area contributed by atoms with Crippen LogP contribution >= 0.6 is 0 Å². The number of pyridine rings is 1. The number of fused-ring (bicyclic) bond motifs is 1. The lowest BCUT2D eigenvalue weighted by Crippen LogP contribution is -2.31. The van der Waals surface area contributed by atoms with E-state index in [1.54, 1.807) is 0 Å². The molecular formula is C12H19N5. The van der Waals surface area contributed by atoms with E-state index >= 15 is 0 Å². The van der Waals surface area contributed by atoms with Crippen LogP contribution in [-0.4, -0.2) is 46.2 Å². The van der Waals surface area contributed by atoms with Crippen LogP contribution in [0.2, 0.25) is 0 Å². The lowest BCUT2D eigenvalue weighted by atomic mass is 10.3. The van der Waals surface area contributed by atoms with Crippen molar-refractivity contribution in [3.63, 3.8) is 0 Å². The molecule has 0 aliphatic carbocycles. The number of aromatic nitrogens is 3. The number of nitrogens with one attached hydrogen (secondary N) is 1. The molecule has 0 aliphatic rings. The average molecular weight is 233 g/mol. The zero-order valence-corrected chi connectivity index (χ0v) is 10.8. The standard InChI is InChI=1S/C12H19N5/c1-9-6-5-7-11-14-12(15-17(9)11)13-8-10(2)16(3)4/h5-7,10H,8H2,1-4H3,(H,13,15). The van der Waals surface area contributed by atoms with E-state index in [1.807, 2.05) is 29.6 Å². The fourth-order valence-electron chi connectivity index (χ4n) is 1.53. The van der Waals surface area contributed by atoms with E-state index in [9.17, 15) is 0 Å². The Balaban J connectivity index is 2.12. The first-order chi connectivity index (χ1) is 8.08. The second kappa shape index (κ2) is 4.71. The van der Waals surface area contributed by atoms with Gasteiger partial charge in [-0.05, 0) is 40.1 Å². The molecule has 0 bridgehead atoms. The van der Waals surface area contributed by atoms with Gasteiger partial charge in [-0.15, -0.1) is 5.10 Å². The average Bonchev–Trinajstić information content (AvgIpc) is 2.70. The van der Waals surface area contributed by atoms with Gasteiger partial charge in [-0.2, -0.15) is 4.98 Å². The number of likely N-dealkylation sites (N-methyl/N-ethyl adjacent to an activating group) is 1. The molecule has 2 aromatic rings. The maximum atomic E-state index is 4.43. The summed E-state index contributed by atoms with van der Waals surface area (Å²) in [5.41, 5.74) is 1.97. The van der Waals surface area contributed by atoms with E-state index < -0.39 is 0 Å². The first-order valence-electron chi connectivity index (χ1n) is 5.80. The molecule has 92 valence electrons. The normalized spacial score (nSPS) is 13.2. The molecule has 0 saturated heterocycles. The van der Waals surface area contributed by atoms with Crippen LogP contribution < -0.4 is 5.32 Å². The van der Waals surface area contributed by atoms with Crippen molar-refractivity contribution in [2.24, 2.45) is 0 Å². The van der Waals surface area contributed by atoms with Gasteiger partial charge in [0.05, 0.1) is 0 Å². The Hall–Kier alpha value is -1.62. The van der Waals surface area contributed by atoms with E-state index in [4.69, 9.17) is 0 Å². The van der Waals surface area contributed by atoms with Crippen molar-refractivity contribution in [2.45, 2.75) is 19.9 Å². The SMILES string of the molecule is Cc1cccc2nc(NCC(C)N(C)C)nn12. The number of nitrogens with zero attached hydrogens (tertiary/aromatic N) is 4. The molecule has 0 radical (unpaired) electrons. The minimum atomic E-state index is 0.447. The Bertz CT molecular complexity index is 503. The van der Waals surface area contributed by atoms with Crippen LogP contribution in [0.3, 0.4) is 0 Å². The van der Waals surface area contributed by atoms with Crippen LogP contribution in [0.5, 0.6) is 0 Å². The summed E-state index contributed by atoms with van der Waals surface area (Å²) in [5.74, 6) is 0.688. The molecule has 5 nitrogen and oxygen atoms in total. The molecule has 2 aromatic heterocycles. The van der Waals surface area contributed by atoms with Gasteiger partial charge in [0, 0.05) is 18.3 Å². The molecule has 0 fully saturated rings. The van der Waals surface area contributed by atoms with Gasteiger partial charge in [-0.3, -0.25) is 0 Å². The minimum absolute atomic E-state index is 0.447. The quantitative estimate of drug-likeness (QED) is 0.867. The molecule has 0 aliphatic heterocycles. The maximum absolute atomic E-state index is 4.43. The van der Waals surface area contributed by atoms with Gasteiger partial charge in [-0.1, -0.05) is 6.07 Å². The zero-order chi connectivity index (χ0) is 12.4. The van der Waals surface area contributed by atoms with Crippen molar-refractivity contribution in [1.82, 2.24) is 19.5 Å². The van der Waals surface area contributed by atoms with Gasteiger partial charge >= 0.3 is 0 Å². The van der Waals surface area contributed by atoms with Crippen LogP contribution in [0.4, 0.5) is 5.95 Å². The smallest absolute Gasteiger partial charge is 0.243 e. The first kappa shape index (κ1) is 11.9. The van der Waals surface area contributed by atoms with E-state index in [0.717, 1.165) is 17.9 Å². The number of anilines is 1. The summed E-state index contributed by atoms with van der Waals surface area (Å²) >= 11 is 0. The molecule has 0 aromatic carbocycles. The predicted molar refractivity (Wildman–Crippen MR) is 69.4 cm³/mol. The van der Waals surface area contributed by atoms with Crippen molar-refractivity contribution in [1.29, 1.82) is 0 Å². The van der Waals surface area contributed by atoms with Crippen molar-refractivity contribution < 1.29 is 0 Å². The van der Waals surface area contributed by atoms with Crippen LogP contribution in [0, 0.1) is 6.92 Å². The lowest BCUT2D eigenvalue weighted by molar-refractivity contribution is 0.326. The van der Waals surface area contributed by atoms with Gasteiger partial charge < -0.3 is 10.2 Å². The molecule has 0 saturated carbocycles. The van der Waals surface area contributed by atoms with E-state index in [1.165, 1.54) is 0 Å². The molecule has 5 heteroatoms. The van der Waals surface area contributed by atoms with Crippen LogP contribution in [0.1, 0.15) is 12.6 Å². The molecule has 1 unspecified atom stereocenters. The Labute approximate surface area is 101 Å². The van der Waals surface area contributed by atoms with Gasteiger partial charge in [0.2, 0.25) is 5.95 Å². The Morgan fingerprint density at radius 2 is 2.18 bits per heavy atom. The summed E-state index contributed by atoms with van der Waals surface area (Å²) in [4.78, 5) is 6.59. The van der Waals surface area contributed by atoms with Crippen LogP contribution in [0.25, 0.3) is 5.65 Å². The number of hydrogen-bond acceptors (Lipinski definition) is 4. The Morgan fingerprint density at radius 3 is 2.82 bits per heavy atom. The van der Waals surface area contributed by atoms with Gasteiger partial charge in [0.25, 0.3) is 0 Å². The second-order valence-corrected chi connectivity index (χ2v) is 4.57. The van der Waals surface area contributed by atoms with E-state index in [2.05, 4.69) is 41.3 Å². The number of rotatable bonds is 4. The third-order valence-electron chi connectivity index (χ3n) is 2.99. The molecule has 0 amide bonds. The summed E-state index contributed by atoms with van der Waals surface area (Å²) in [5, 5.41) is 7.68. The Kier molecular flexibility index (Phi) is 3.28.